The van der Waals surface area contributed by atoms with Crippen LogP contribution in [0.1, 0.15) is 6.42 Å². The maximum atomic E-state index is 12.0. The quantitative estimate of drug-likeness (QED) is 0.750. The lowest BCUT2D eigenvalue weighted by molar-refractivity contribution is -0.118. The zero-order valence-electron chi connectivity index (χ0n) is 11.3. The number of hydrogen-bond donors (Lipinski definition) is 2. The minimum absolute atomic E-state index is 0.0501. The van der Waals surface area contributed by atoms with E-state index in [2.05, 4.69) is 15.7 Å². The molecule has 1 amide bonds. The Labute approximate surface area is 112 Å². The van der Waals surface area contributed by atoms with E-state index in [9.17, 15) is 4.79 Å². The van der Waals surface area contributed by atoms with Crippen molar-refractivity contribution >= 4 is 11.6 Å². The molecule has 7 nitrogen and oxygen atoms in total. The van der Waals surface area contributed by atoms with Crippen molar-refractivity contribution in [1.29, 1.82) is 0 Å². The third kappa shape index (κ3) is 3.76. The van der Waals surface area contributed by atoms with Gasteiger partial charge >= 0.3 is 0 Å². The number of methoxy groups -OCH3 is 2. The van der Waals surface area contributed by atoms with Crippen molar-refractivity contribution in [3.8, 4) is 0 Å². The van der Waals surface area contributed by atoms with E-state index in [1.165, 1.54) is 0 Å². The van der Waals surface area contributed by atoms with Gasteiger partial charge in [0.05, 0.1) is 37.2 Å². The predicted molar refractivity (Wildman–Crippen MR) is 69.9 cm³/mol. The zero-order chi connectivity index (χ0) is 13.7. The molecule has 2 heterocycles. The van der Waals surface area contributed by atoms with Crippen molar-refractivity contribution in [1.82, 2.24) is 15.1 Å². The molecule has 0 aromatic carbocycles. The van der Waals surface area contributed by atoms with Crippen LogP contribution in [0.4, 0.5) is 5.69 Å². The van der Waals surface area contributed by atoms with Gasteiger partial charge in [-0.1, -0.05) is 0 Å². The van der Waals surface area contributed by atoms with Gasteiger partial charge in [-0.25, -0.2) is 0 Å². The summed E-state index contributed by atoms with van der Waals surface area (Å²) in [5, 5.41) is 10.1. The standard InChI is InChI=1S/C12H20N4O3/c1-18-4-3-16-8-9(6-14-16)15-12(17)11-5-10(19-2)7-13-11/h6,8,10-11,13H,3-5,7H2,1-2H3,(H,15,17). The Hall–Kier alpha value is -1.44. The molecule has 0 radical (unpaired) electrons. The lowest BCUT2D eigenvalue weighted by Crippen LogP contribution is -2.35. The molecule has 1 aliphatic heterocycles. The minimum Gasteiger partial charge on any atom is -0.383 e. The fourth-order valence-corrected chi connectivity index (χ4v) is 2.05. The topological polar surface area (TPSA) is 77.4 Å². The monoisotopic (exact) mass is 268 g/mol. The second-order valence-corrected chi connectivity index (χ2v) is 4.53. The van der Waals surface area contributed by atoms with Crippen LogP contribution in [0.3, 0.4) is 0 Å². The molecule has 2 N–H and O–H groups in total. The van der Waals surface area contributed by atoms with Crippen molar-refractivity contribution in [2.24, 2.45) is 0 Å². The maximum Gasteiger partial charge on any atom is 0.241 e. The Balaban J connectivity index is 1.83. The van der Waals surface area contributed by atoms with Gasteiger partial charge < -0.3 is 20.1 Å². The van der Waals surface area contributed by atoms with Gasteiger partial charge in [-0.3, -0.25) is 9.48 Å². The van der Waals surface area contributed by atoms with Gasteiger partial charge in [0.15, 0.2) is 0 Å². The molecule has 1 saturated heterocycles. The summed E-state index contributed by atoms with van der Waals surface area (Å²) in [6.07, 6.45) is 4.23. The molecular weight excluding hydrogens is 248 g/mol. The lowest BCUT2D eigenvalue weighted by Gasteiger charge is -2.09. The number of anilines is 1. The Kier molecular flexibility index (Phi) is 4.89. The van der Waals surface area contributed by atoms with E-state index >= 15 is 0 Å². The van der Waals surface area contributed by atoms with Crippen LogP contribution in [0, 0.1) is 0 Å². The number of carbonyl (C=O) groups is 1. The minimum atomic E-state index is -0.202. The second kappa shape index (κ2) is 6.65. The molecule has 2 unspecified atom stereocenters. The number of aromatic nitrogens is 2. The van der Waals surface area contributed by atoms with E-state index in [1.807, 2.05) is 0 Å². The summed E-state index contributed by atoms with van der Waals surface area (Å²) in [5.41, 5.74) is 0.698. The van der Waals surface area contributed by atoms with Crippen molar-refractivity contribution in [3.05, 3.63) is 12.4 Å². The number of hydrogen-bond acceptors (Lipinski definition) is 5. The van der Waals surface area contributed by atoms with Gasteiger partial charge in [0.2, 0.25) is 5.91 Å². The van der Waals surface area contributed by atoms with Gasteiger partial charge in [-0.15, -0.1) is 0 Å². The van der Waals surface area contributed by atoms with Crippen LogP contribution in [0.15, 0.2) is 12.4 Å². The molecule has 19 heavy (non-hydrogen) atoms. The first-order chi connectivity index (χ1) is 9.22. The molecule has 0 spiro atoms. The van der Waals surface area contributed by atoms with Crippen LogP contribution in [-0.4, -0.2) is 55.2 Å². The van der Waals surface area contributed by atoms with Gasteiger partial charge in [0.1, 0.15) is 0 Å². The van der Waals surface area contributed by atoms with Crippen molar-refractivity contribution < 1.29 is 14.3 Å². The first kappa shape index (κ1) is 14.0. The van der Waals surface area contributed by atoms with E-state index in [0.29, 0.717) is 31.8 Å². The van der Waals surface area contributed by atoms with Gasteiger partial charge in [-0.05, 0) is 6.42 Å². The highest BCUT2D eigenvalue weighted by Gasteiger charge is 2.29. The molecule has 1 aromatic heterocycles. The molecule has 1 fully saturated rings. The normalized spacial score (nSPS) is 22.6. The predicted octanol–water partition coefficient (Wildman–Crippen LogP) is -0.155. The average molecular weight is 268 g/mol. The summed E-state index contributed by atoms with van der Waals surface area (Å²) in [6.45, 7) is 1.97. The SMILES string of the molecule is COCCn1cc(NC(=O)C2CC(OC)CN2)cn1. The van der Waals surface area contributed by atoms with E-state index in [4.69, 9.17) is 9.47 Å². The Morgan fingerprint density at radius 1 is 1.63 bits per heavy atom. The summed E-state index contributed by atoms with van der Waals surface area (Å²) in [5.74, 6) is -0.0501. The highest BCUT2D eigenvalue weighted by atomic mass is 16.5. The highest BCUT2D eigenvalue weighted by molar-refractivity contribution is 5.94. The molecule has 0 saturated carbocycles. The molecule has 1 aliphatic rings. The molecule has 2 rings (SSSR count). The second-order valence-electron chi connectivity index (χ2n) is 4.53. The number of nitrogens with zero attached hydrogens (tertiary/aromatic N) is 2. The summed E-state index contributed by atoms with van der Waals surface area (Å²) in [7, 11) is 3.30. The van der Waals surface area contributed by atoms with Gasteiger partial charge in [0.25, 0.3) is 0 Å². The molecule has 7 heteroatoms. The largest absolute Gasteiger partial charge is 0.383 e. The average Bonchev–Trinajstić information content (AvgIpc) is 3.05. The van der Waals surface area contributed by atoms with Crippen molar-refractivity contribution in [3.63, 3.8) is 0 Å². The zero-order valence-corrected chi connectivity index (χ0v) is 11.3. The first-order valence-corrected chi connectivity index (χ1v) is 6.31. The summed E-state index contributed by atoms with van der Waals surface area (Å²) in [4.78, 5) is 12.0. The van der Waals surface area contributed by atoms with Gasteiger partial charge in [0, 0.05) is 27.0 Å². The number of rotatable bonds is 6. The molecule has 0 aliphatic carbocycles. The van der Waals surface area contributed by atoms with Crippen molar-refractivity contribution in [2.75, 3.05) is 32.7 Å². The molecular formula is C12H20N4O3. The van der Waals surface area contributed by atoms with Crippen LogP contribution in [0.5, 0.6) is 0 Å². The van der Waals surface area contributed by atoms with Crippen LogP contribution >= 0.6 is 0 Å². The van der Waals surface area contributed by atoms with Crippen LogP contribution in [-0.2, 0) is 20.8 Å². The van der Waals surface area contributed by atoms with Crippen LogP contribution in [0.2, 0.25) is 0 Å². The van der Waals surface area contributed by atoms with Crippen LogP contribution in [0.25, 0.3) is 0 Å². The van der Waals surface area contributed by atoms with Gasteiger partial charge in [-0.2, -0.15) is 5.10 Å². The lowest BCUT2D eigenvalue weighted by atomic mass is 10.2. The molecule has 2 atom stereocenters. The summed E-state index contributed by atoms with van der Waals surface area (Å²) >= 11 is 0. The highest BCUT2D eigenvalue weighted by Crippen LogP contribution is 2.12. The summed E-state index contributed by atoms with van der Waals surface area (Å²) < 4.78 is 11.9. The summed E-state index contributed by atoms with van der Waals surface area (Å²) in [6, 6.07) is -0.202. The smallest absolute Gasteiger partial charge is 0.241 e. The number of carbonyl (C=O) groups excluding carboxylic acids is 1. The Morgan fingerprint density at radius 3 is 3.16 bits per heavy atom. The van der Waals surface area contributed by atoms with E-state index in [0.717, 1.165) is 0 Å². The third-order valence-electron chi connectivity index (χ3n) is 3.17. The fourth-order valence-electron chi connectivity index (χ4n) is 2.05. The van der Waals surface area contributed by atoms with Crippen molar-refractivity contribution in [2.45, 2.75) is 25.1 Å². The number of ether oxygens (including phenoxy) is 2. The van der Waals surface area contributed by atoms with Crippen LogP contribution < -0.4 is 10.6 Å². The Bertz CT molecular complexity index is 421. The molecule has 1 aromatic rings. The Morgan fingerprint density at radius 2 is 2.47 bits per heavy atom. The fraction of sp³-hybridized carbons (Fsp3) is 0.667. The molecule has 106 valence electrons. The maximum absolute atomic E-state index is 12.0. The van der Waals surface area contributed by atoms with E-state index in [1.54, 1.807) is 31.3 Å². The number of amides is 1. The molecule has 0 bridgehead atoms. The third-order valence-corrected chi connectivity index (χ3v) is 3.17. The number of nitrogens with one attached hydrogen (secondary N) is 2. The first-order valence-electron chi connectivity index (χ1n) is 6.31. The van der Waals surface area contributed by atoms with E-state index in [-0.39, 0.29) is 18.1 Å². The van der Waals surface area contributed by atoms with E-state index < -0.39 is 0 Å².